The first kappa shape index (κ1) is 14.8. The Morgan fingerprint density at radius 1 is 0.600 bits per heavy atom. The molecule has 0 radical (unpaired) electrons. The zero-order chi connectivity index (χ0) is 12.7. The Bertz CT molecular complexity index is 199. The molecule has 92 valence electrons. The van der Waals surface area contributed by atoms with Gasteiger partial charge in [0.25, 0.3) is 0 Å². The Morgan fingerprint density at radius 3 is 0.933 bits per heavy atom. The molecule has 5 nitrogen and oxygen atoms in total. The number of nitrogens with two attached hydrogens (primary N) is 4. The van der Waals surface area contributed by atoms with E-state index in [1.165, 1.54) is 0 Å². The highest BCUT2D eigenvalue weighted by atomic mass is 16.5. The maximum Gasteiger partial charge on any atom is 0.0940 e. The maximum absolute atomic E-state index is 5.85. The topological polar surface area (TPSA) is 113 Å². The van der Waals surface area contributed by atoms with Crippen molar-refractivity contribution in [3.63, 3.8) is 0 Å². The summed E-state index contributed by atoms with van der Waals surface area (Å²) >= 11 is 0. The Hall–Kier alpha value is -0.200. The second-order valence-corrected chi connectivity index (χ2v) is 5.69. The average molecular weight is 218 g/mol. The zero-order valence-electron chi connectivity index (χ0n) is 10.7. The second kappa shape index (κ2) is 3.68. The van der Waals surface area contributed by atoms with E-state index in [2.05, 4.69) is 0 Å². The van der Waals surface area contributed by atoms with Crippen LogP contribution in [0.5, 0.6) is 0 Å². The molecule has 0 aliphatic carbocycles. The number of rotatable bonds is 4. The van der Waals surface area contributed by atoms with Crippen LogP contribution >= 0.6 is 0 Å². The first-order valence-electron chi connectivity index (χ1n) is 5.06. The van der Waals surface area contributed by atoms with Gasteiger partial charge in [0.2, 0.25) is 0 Å². The molecule has 0 bridgehead atoms. The molecule has 0 amide bonds. The molecular formula is C10H26N4O. The second-order valence-electron chi connectivity index (χ2n) is 5.69. The highest BCUT2D eigenvalue weighted by molar-refractivity contribution is 4.98. The SMILES string of the molecule is CC(N)(N)C(C)(C)OC(C)(C)C(C)(N)N. The van der Waals surface area contributed by atoms with Gasteiger partial charge in [-0.1, -0.05) is 0 Å². The van der Waals surface area contributed by atoms with Crippen LogP contribution < -0.4 is 22.9 Å². The normalized spacial score (nSPS) is 15.6. The lowest BCUT2D eigenvalue weighted by Crippen LogP contribution is -2.70. The van der Waals surface area contributed by atoms with Crippen molar-refractivity contribution >= 4 is 0 Å². The van der Waals surface area contributed by atoms with E-state index in [1.807, 2.05) is 27.7 Å². The maximum atomic E-state index is 5.85. The summed E-state index contributed by atoms with van der Waals surface area (Å²) in [6.07, 6.45) is 0. The fraction of sp³-hybridized carbons (Fsp3) is 1.00. The summed E-state index contributed by atoms with van der Waals surface area (Å²) in [7, 11) is 0. The minimum absolute atomic E-state index is 0.726. The average Bonchev–Trinajstić information content (AvgIpc) is 1.77. The van der Waals surface area contributed by atoms with E-state index >= 15 is 0 Å². The molecule has 0 atom stereocenters. The predicted molar refractivity (Wildman–Crippen MR) is 62.8 cm³/mol. The van der Waals surface area contributed by atoms with Crippen molar-refractivity contribution in [2.75, 3.05) is 0 Å². The standard InChI is InChI=1S/C10H26N4O/c1-7(2,9(5,11)12)15-8(3,4)10(6,13)14/h11-14H2,1-6H3. The summed E-state index contributed by atoms with van der Waals surface area (Å²) in [6, 6.07) is 0. The van der Waals surface area contributed by atoms with Gasteiger partial charge in [-0.05, 0) is 41.5 Å². The summed E-state index contributed by atoms with van der Waals surface area (Å²) in [4.78, 5) is 0. The summed E-state index contributed by atoms with van der Waals surface area (Å²) in [5.41, 5.74) is 20.0. The molecule has 0 rings (SSSR count). The van der Waals surface area contributed by atoms with Crippen LogP contribution in [-0.4, -0.2) is 22.5 Å². The molecule has 0 fully saturated rings. The number of hydrogen-bond donors (Lipinski definition) is 4. The van der Waals surface area contributed by atoms with Crippen LogP contribution in [0.2, 0.25) is 0 Å². The van der Waals surface area contributed by atoms with Gasteiger partial charge in [-0.25, -0.2) is 0 Å². The fourth-order valence-corrected chi connectivity index (χ4v) is 0.858. The third kappa shape index (κ3) is 3.39. The first-order chi connectivity index (χ1) is 6.21. The van der Waals surface area contributed by atoms with E-state index in [9.17, 15) is 0 Å². The molecule has 0 aromatic carbocycles. The van der Waals surface area contributed by atoms with Crippen LogP contribution in [0.4, 0.5) is 0 Å². The summed E-state index contributed by atoms with van der Waals surface area (Å²) in [5.74, 6) is 0. The van der Waals surface area contributed by atoms with Crippen molar-refractivity contribution in [1.82, 2.24) is 0 Å². The molecule has 0 spiro atoms. The molecule has 0 aromatic heterocycles. The molecule has 0 saturated heterocycles. The Labute approximate surface area is 92.5 Å². The van der Waals surface area contributed by atoms with E-state index in [-0.39, 0.29) is 0 Å². The van der Waals surface area contributed by atoms with Crippen molar-refractivity contribution in [1.29, 1.82) is 0 Å². The van der Waals surface area contributed by atoms with Crippen LogP contribution in [0.1, 0.15) is 41.5 Å². The van der Waals surface area contributed by atoms with Crippen LogP contribution in [0, 0.1) is 0 Å². The highest BCUT2D eigenvalue weighted by Gasteiger charge is 2.45. The third-order valence-corrected chi connectivity index (χ3v) is 3.10. The lowest BCUT2D eigenvalue weighted by atomic mass is 9.89. The van der Waals surface area contributed by atoms with E-state index < -0.39 is 22.5 Å². The quantitative estimate of drug-likeness (QED) is 0.489. The summed E-state index contributed by atoms with van der Waals surface area (Å²) < 4.78 is 5.85. The molecular weight excluding hydrogens is 192 g/mol. The predicted octanol–water partition coefficient (Wildman–Crippen LogP) is -0.173. The van der Waals surface area contributed by atoms with Gasteiger partial charge in [0, 0.05) is 0 Å². The minimum Gasteiger partial charge on any atom is -0.363 e. The van der Waals surface area contributed by atoms with Crippen molar-refractivity contribution in [2.45, 2.75) is 64.1 Å². The minimum atomic E-state index is -0.963. The van der Waals surface area contributed by atoms with Crippen LogP contribution in [0.25, 0.3) is 0 Å². The Morgan fingerprint density at radius 2 is 0.800 bits per heavy atom. The van der Waals surface area contributed by atoms with Gasteiger partial charge in [-0.3, -0.25) is 0 Å². The molecule has 8 N–H and O–H groups in total. The van der Waals surface area contributed by atoms with Gasteiger partial charge in [0.15, 0.2) is 0 Å². The van der Waals surface area contributed by atoms with Crippen molar-refractivity contribution in [2.24, 2.45) is 22.9 Å². The first-order valence-corrected chi connectivity index (χ1v) is 5.06. The van der Waals surface area contributed by atoms with Gasteiger partial charge >= 0.3 is 0 Å². The molecule has 5 heteroatoms. The van der Waals surface area contributed by atoms with E-state index in [0.717, 1.165) is 0 Å². The monoisotopic (exact) mass is 218 g/mol. The van der Waals surface area contributed by atoms with Crippen LogP contribution in [-0.2, 0) is 4.74 Å². The molecule has 15 heavy (non-hydrogen) atoms. The van der Waals surface area contributed by atoms with Crippen molar-refractivity contribution in [3.05, 3.63) is 0 Å². The van der Waals surface area contributed by atoms with Crippen molar-refractivity contribution < 1.29 is 4.74 Å². The Kier molecular flexibility index (Phi) is 3.63. The van der Waals surface area contributed by atoms with Gasteiger partial charge in [0.05, 0.1) is 22.5 Å². The van der Waals surface area contributed by atoms with Crippen LogP contribution in [0.15, 0.2) is 0 Å². The van der Waals surface area contributed by atoms with Gasteiger partial charge in [-0.15, -0.1) is 0 Å². The lowest BCUT2D eigenvalue weighted by Gasteiger charge is -2.48. The lowest BCUT2D eigenvalue weighted by molar-refractivity contribution is -0.178. The zero-order valence-corrected chi connectivity index (χ0v) is 10.7. The molecule has 0 aromatic rings. The molecule has 0 saturated carbocycles. The van der Waals surface area contributed by atoms with E-state index in [1.54, 1.807) is 13.8 Å². The fourth-order valence-electron chi connectivity index (χ4n) is 0.858. The third-order valence-electron chi connectivity index (χ3n) is 3.10. The molecule has 0 heterocycles. The van der Waals surface area contributed by atoms with E-state index in [0.29, 0.717) is 0 Å². The number of hydrogen-bond acceptors (Lipinski definition) is 5. The van der Waals surface area contributed by atoms with Gasteiger partial charge in [0.1, 0.15) is 0 Å². The molecule has 0 unspecified atom stereocenters. The Balaban J connectivity index is 4.89. The highest BCUT2D eigenvalue weighted by Crippen LogP contribution is 2.29. The molecule has 0 aliphatic heterocycles. The summed E-state index contributed by atoms with van der Waals surface area (Å²) in [5, 5.41) is 0. The largest absolute Gasteiger partial charge is 0.363 e. The van der Waals surface area contributed by atoms with Gasteiger partial charge < -0.3 is 27.7 Å². The van der Waals surface area contributed by atoms with Gasteiger partial charge in [-0.2, -0.15) is 0 Å². The number of ether oxygens (including phenoxy) is 1. The molecule has 0 aliphatic rings. The van der Waals surface area contributed by atoms with Crippen LogP contribution in [0.3, 0.4) is 0 Å². The van der Waals surface area contributed by atoms with E-state index in [4.69, 9.17) is 27.7 Å². The van der Waals surface area contributed by atoms with Crippen molar-refractivity contribution in [3.8, 4) is 0 Å². The summed E-state index contributed by atoms with van der Waals surface area (Å²) in [6.45, 7) is 10.7. The smallest absolute Gasteiger partial charge is 0.0940 e.